The average Bonchev–Trinajstić information content (AvgIpc) is 3.16. The number of nitrogens with one attached hydrogen (secondary N) is 1. The van der Waals surface area contributed by atoms with E-state index in [0.29, 0.717) is 35.2 Å². The van der Waals surface area contributed by atoms with Crippen LogP contribution in [0.25, 0.3) is 0 Å². The Morgan fingerprint density at radius 1 is 1.21 bits per heavy atom. The van der Waals surface area contributed by atoms with Gasteiger partial charge >= 0.3 is 0 Å². The quantitative estimate of drug-likeness (QED) is 0.620. The molecule has 2 heterocycles. The van der Waals surface area contributed by atoms with E-state index in [9.17, 15) is 4.79 Å². The molecule has 0 atom stereocenters. The van der Waals surface area contributed by atoms with Gasteiger partial charge in [-0.05, 0) is 31.2 Å². The Morgan fingerprint density at radius 2 is 2.07 bits per heavy atom. The fraction of sp³-hybridized carbons (Fsp3) is 0.250. The van der Waals surface area contributed by atoms with Crippen LogP contribution < -0.4 is 14.8 Å². The average molecular weight is 402 g/mol. The Kier molecular flexibility index (Phi) is 6.49. The molecule has 0 saturated heterocycles. The van der Waals surface area contributed by atoms with Crippen LogP contribution in [0.15, 0.2) is 47.0 Å². The first-order chi connectivity index (χ1) is 13.5. The van der Waals surface area contributed by atoms with Crippen LogP contribution in [0.4, 0.5) is 0 Å². The summed E-state index contributed by atoms with van der Waals surface area (Å²) in [7, 11) is 1.53. The number of hydrogen-bond donors (Lipinski definition) is 1. The Bertz CT molecular complexity index is 958. The summed E-state index contributed by atoms with van der Waals surface area (Å²) in [4.78, 5) is 16.6. The molecule has 0 aliphatic carbocycles. The van der Waals surface area contributed by atoms with E-state index in [-0.39, 0.29) is 18.2 Å². The van der Waals surface area contributed by atoms with E-state index in [0.717, 1.165) is 11.4 Å². The number of carbonyl (C=O) groups is 1. The number of nitrogens with zero attached hydrogens (tertiary/aromatic N) is 2. The summed E-state index contributed by atoms with van der Waals surface area (Å²) in [5.41, 5.74) is 2.06. The van der Waals surface area contributed by atoms with Crippen LogP contribution in [0.5, 0.6) is 11.5 Å². The summed E-state index contributed by atoms with van der Waals surface area (Å²) >= 11 is 5.93. The minimum atomic E-state index is -0.313. The van der Waals surface area contributed by atoms with Crippen LogP contribution in [-0.4, -0.2) is 29.7 Å². The van der Waals surface area contributed by atoms with E-state index in [1.165, 1.54) is 7.11 Å². The van der Waals surface area contributed by atoms with Crippen molar-refractivity contribution in [3.05, 3.63) is 70.3 Å². The Labute approximate surface area is 167 Å². The van der Waals surface area contributed by atoms with Crippen LogP contribution in [0.2, 0.25) is 5.02 Å². The summed E-state index contributed by atoms with van der Waals surface area (Å²) in [5.74, 6) is 1.13. The number of aromatic nitrogens is 2. The van der Waals surface area contributed by atoms with Gasteiger partial charge in [0.2, 0.25) is 0 Å². The van der Waals surface area contributed by atoms with Gasteiger partial charge in [0, 0.05) is 41.5 Å². The lowest BCUT2D eigenvalue weighted by molar-refractivity contribution is 0.0944. The third-order valence-electron chi connectivity index (χ3n) is 3.90. The van der Waals surface area contributed by atoms with Crippen molar-refractivity contribution in [2.45, 2.75) is 20.0 Å². The molecule has 0 aliphatic heterocycles. The molecular formula is C20H20ClN3O4. The third kappa shape index (κ3) is 5.23. The highest BCUT2D eigenvalue weighted by Gasteiger charge is 2.13. The van der Waals surface area contributed by atoms with Crippen molar-refractivity contribution in [3.63, 3.8) is 0 Å². The van der Waals surface area contributed by atoms with Crippen LogP contribution in [0.3, 0.4) is 0 Å². The molecule has 0 unspecified atom stereocenters. The zero-order valence-corrected chi connectivity index (χ0v) is 16.3. The van der Waals surface area contributed by atoms with E-state index in [2.05, 4.69) is 15.5 Å². The fourth-order valence-electron chi connectivity index (χ4n) is 2.53. The number of benzene rings is 1. The second kappa shape index (κ2) is 9.23. The normalized spacial score (nSPS) is 10.5. The maximum atomic E-state index is 12.2. The molecule has 1 amide bonds. The van der Waals surface area contributed by atoms with E-state index >= 15 is 0 Å². The highest BCUT2D eigenvalue weighted by Crippen LogP contribution is 2.30. The van der Waals surface area contributed by atoms with Gasteiger partial charge in [-0.15, -0.1) is 0 Å². The van der Waals surface area contributed by atoms with Crippen molar-refractivity contribution in [2.75, 3.05) is 13.7 Å². The molecule has 7 nitrogen and oxygen atoms in total. The maximum Gasteiger partial charge on any atom is 0.273 e. The molecule has 3 rings (SSSR count). The first kappa shape index (κ1) is 19.7. The molecule has 0 fully saturated rings. The molecule has 0 saturated carbocycles. The first-order valence-corrected chi connectivity index (χ1v) is 9.05. The van der Waals surface area contributed by atoms with Crippen molar-refractivity contribution in [1.82, 2.24) is 15.5 Å². The number of carbonyl (C=O) groups excluding carboxylic acids is 1. The Morgan fingerprint density at radius 3 is 2.86 bits per heavy atom. The van der Waals surface area contributed by atoms with Crippen LogP contribution in [0.1, 0.15) is 27.6 Å². The van der Waals surface area contributed by atoms with Gasteiger partial charge in [-0.2, -0.15) is 0 Å². The number of aryl methyl sites for hydroxylation is 1. The summed E-state index contributed by atoms with van der Waals surface area (Å²) in [6.45, 7) is 2.49. The van der Waals surface area contributed by atoms with E-state index < -0.39 is 0 Å². The number of ether oxygens (including phenoxy) is 2. The van der Waals surface area contributed by atoms with Gasteiger partial charge in [-0.3, -0.25) is 9.78 Å². The molecule has 28 heavy (non-hydrogen) atoms. The summed E-state index contributed by atoms with van der Waals surface area (Å²) < 4.78 is 16.0. The second-order valence-electron chi connectivity index (χ2n) is 6.04. The van der Waals surface area contributed by atoms with Gasteiger partial charge in [0.05, 0.1) is 7.11 Å². The molecule has 0 spiro atoms. The van der Waals surface area contributed by atoms with Gasteiger partial charge in [0.15, 0.2) is 23.0 Å². The number of methoxy groups -OCH3 is 1. The maximum absolute atomic E-state index is 12.2. The van der Waals surface area contributed by atoms with Crippen molar-refractivity contribution in [1.29, 1.82) is 0 Å². The fourth-order valence-corrected chi connectivity index (χ4v) is 2.69. The molecule has 3 aromatic rings. The van der Waals surface area contributed by atoms with Crippen LogP contribution in [0, 0.1) is 6.92 Å². The minimum absolute atomic E-state index is 0.103. The van der Waals surface area contributed by atoms with E-state index in [1.807, 2.05) is 25.1 Å². The lowest BCUT2D eigenvalue weighted by atomic mass is 10.2. The number of halogens is 1. The van der Waals surface area contributed by atoms with Gasteiger partial charge in [-0.1, -0.05) is 22.8 Å². The highest BCUT2D eigenvalue weighted by atomic mass is 35.5. The number of pyridine rings is 1. The first-order valence-electron chi connectivity index (χ1n) is 8.68. The monoisotopic (exact) mass is 401 g/mol. The van der Waals surface area contributed by atoms with E-state index in [4.69, 9.17) is 25.6 Å². The van der Waals surface area contributed by atoms with Gasteiger partial charge in [-0.25, -0.2) is 0 Å². The molecule has 2 aromatic heterocycles. The summed E-state index contributed by atoms with van der Waals surface area (Å²) in [6.07, 6.45) is 0.637. The molecule has 0 bridgehead atoms. The van der Waals surface area contributed by atoms with Gasteiger partial charge < -0.3 is 19.3 Å². The third-order valence-corrected chi connectivity index (χ3v) is 4.13. The van der Waals surface area contributed by atoms with Gasteiger partial charge in [0.1, 0.15) is 6.61 Å². The SMILES string of the molecule is COc1cc(Cl)ccc1OCc1cc(C(=O)NCCc2cccc(C)n2)no1. The number of rotatable bonds is 8. The molecule has 1 N–H and O–H groups in total. The molecule has 146 valence electrons. The summed E-state index contributed by atoms with van der Waals surface area (Å²) in [5, 5.41) is 7.14. The van der Waals surface area contributed by atoms with Crippen molar-refractivity contribution in [2.24, 2.45) is 0 Å². The highest BCUT2D eigenvalue weighted by molar-refractivity contribution is 6.30. The Hall–Kier alpha value is -3.06. The zero-order valence-electron chi connectivity index (χ0n) is 15.6. The van der Waals surface area contributed by atoms with Gasteiger partial charge in [0.25, 0.3) is 5.91 Å². The van der Waals surface area contributed by atoms with E-state index in [1.54, 1.807) is 24.3 Å². The lowest BCUT2D eigenvalue weighted by Crippen LogP contribution is -2.26. The predicted octanol–water partition coefficient (Wildman–Crippen LogP) is 3.59. The van der Waals surface area contributed by atoms with Crippen LogP contribution in [-0.2, 0) is 13.0 Å². The zero-order chi connectivity index (χ0) is 19.9. The summed E-state index contributed by atoms with van der Waals surface area (Å²) in [6, 6.07) is 12.4. The van der Waals surface area contributed by atoms with Crippen molar-refractivity contribution >= 4 is 17.5 Å². The molecule has 0 aliphatic rings. The molecule has 0 radical (unpaired) electrons. The second-order valence-corrected chi connectivity index (χ2v) is 6.47. The van der Waals surface area contributed by atoms with Crippen LogP contribution >= 0.6 is 11.6 Å². The smallest absolute Gasteiger partial charge is 0.273 e. The molecule has 8 heteroatoms. The Balaban J connectivity index is 1.51. The predicted molar refractivity (Wildman–Crippen MR) is 104 cm³/mol. The topological polar surface area (TPSA) is 86.5 Å². The van der Waals surface area contributed by atoms with Crippen molar-refractivity contribution < 1.29 is 18.8 Å². The van der Waals surface area contributed by atoms with Crippen molar-refractivity contribution in [3.8, 4) is 11.5 Å². The number of amides is 1. The largest absolute Gasteiger partial charge is 0.493 e. The number of hydrogen-bond acceptors (Lipinski definition) is 6. The molecule has 1 aromatic carbocycles. The lowest BCUT2D eigenvalue weighted by Gasteiger charge is -2.09. The molecular weight excluding hydrogens is 382 g/mol. The minimum Gasteiger partial charge on any atom is -0.493 e. The standard InChI is InChI=1S/C20H20ClN3O4/c1-13-4-3-5-15(23-13)8-9-22-20(25)17-11-16(28-24-17)12-27-18-7-6-14(21)10-19(18)26-2/h3-7,10-11H,8-9,12H2,1-2H3,(H,22,25).